The van der Waals surface area contributed by atoms with E-state index in [0.29, 0.717) is 16.7 Å². The molecule has 0 amide bonds. The molecule has 0 aromatic carbocycles. The van der Waals surface area contributed by atoms with Gasteiger partial charge in [-0.05, 0) is 97.7 Å². The molecule has 0 heterocycles. The number of carbonyl (C=O) groups excluding carboxylic acids is 1. The summed E-state index contributed by atoms with van der Waals surface area (Å²) in [5.74, 6) is 4.81. The third kappa shape index (κ3) is 4.26. The van der Waals surface area contributed by atoms with Crippen molar-refractivity contribution in [3.05, 3.63) is 11.6 Å². The van der Waals surface area contributed by atoms with Gasteiger partial charge in [0.1, 0.15) is 6.10 Å². The molecular weight excluding hydrogens is 380 g/mol. The maximum atomic E-state index is 11.5. The number of hydrogen-bond acceptors (Lipinski definition) is 2. The van der Waals surface area contributed by atoms with Crippen LogP contribution >= 0.6 is 0 Å². The van der Waals surface area contributed by atoms with E-state index in [1.54, 1.807) is 6.92 Å². The number of esters is 1. The first-order valence-electron chi connectivity index (χ1n) is 13.5. The van der Waals surface area contributed by atoms with Crippen LogP contribution in [0, 0.1) is 46.3 Å². The molecule has 0 bridgehead atoms. The monoisotopic (exact) mass is 428 g/mol. The summed E-state index contributed by atoms with van der Waals surface area (Å²) in [6, 6.07) is 0. The Morgan fingerprint density at radius 1 is 1.03 bits per heavy atom. The van der Waals surface area contributed by atoms with Crippen LogP contribution in [0.5, 0.6) is 0 Å². The second-order valence-electron chi connectivity index (χ2n) is 12.8. The van der Waals surface area contributed by atoms with Gasteiger partial charge in [0.25, 0.3) is 0 Å². The summed E-state index contributed by atoms with van der Waals surface area (Å²) in [5, 5.41) is 0. The molecule has 3 saturated carbocycles. The highest BCUT2D eigenvalue weighted by atomic mass is 16.5. The number of allylic oxidation sites excluding steroid dienone is 2. The summed E-state index contributed by atoms with van der Waals surface area (Å²) < 4.78 is 5.63. The van der Waals surface area contributed by atoms with Crippen molar-refractivity contribution in [1.29, 1.82) is 0 Å². The maximum absolute atomic E-state index is 11.5. The summed E-state index contributed by atoms with van der Waals surface area (Å²) >= 11 is 0. The molecule has 4 aliphatic carbocycles. The molecule has 2 unspecified atom stereocenters. The molecule has 0 spiro atoms. The lowest BCUT2D eigenvalue weighted by molar-refractivity contribution is -0.152. The minimum atomic E-state index is -0.103. The largest absolute Gasteiger partial charge is 0.463 e. The molecule has 4 rings (SSSR count). The van der Waals surface area contributed by atoms with Crippen LogP contribution in [0.1, 0.15) is 112 Å². The first kappa shape index (κ1) is 23.4. The molecule has 2 heteroatoms. The quantitative estimate of drug-likeness (QED) is 0.317. The average molecular weight is 429 g/mol. The van der Waals surface area contributed by atoms with Crippen molar-refractivity contribution in [2.75, 3.05) is 0 Å². The van der Waals surface area contributed by atoms with Crippen molar-refractivity contribution < 1.29 is 9.53 Å². The van der Waals surface area contributed by atoms with Gasteiger partial charge in [0, 0.05) is 6.92 Å². The van der Waals surface area contributed by atoms with E-state index in [-0.39, 0.29) is 12.1 Å². The van der Waals surface area contributed by atoms with Crippen molar-refractivity contribution >= 4 is 5.97 Å². The van der Waals surface area contributed by atoms with E-state index in [1.165, 1.54) is 57.8 Å². The lowest BCUT2D eigenvalue weighted by Crippen LogP contribution is -2.50. The molecule has 0 N–H and O–H groups in total. The fourth-order valence-corrected chi connectivity index (χ4v) is 8.84. The zero-order chi connectivity index (χ0) is 22.4. The predicted molar refractivity (Wildman–Crippen MR) is 129 cm³/mol. The van der Waals surface area contributed by atoms with Gasteiger partial charge in [-0.3, -0.25) is 4.79 Å². The second kappa shape index (κ2) is 8.86. The van der Waals surface area contributed by atoms with Crippen molar-refractivity contribution in [3.8, 4) is 0 Å². The average Bonchev–Trinajstić information content (AvgIpc) is 3.05. The van der Waals surface area contributed by atoms with Crippen molar-refractivity contribution in [1.82, 2.24) is 0 Å². The molecule has 8 atom stereocenters. The molecule has 0 radical (unpaired) electrons. The van der Waals surface area contributed by atoms with Gasteiger partial charge < -0.3 is 4.74 Å². The minimum Gasteiger partial charge on any atom is -0.463 e. The Morgan fingerprint density at radius 2 is 1.74 bits per heavy atom. The zero-order valence-corrected chi connectivity index (χ0v) is 21.2. The van der Waals surface area contributed by atoms with Crippen LogP contribution in [0.2, 0.25) is 0 Å². The Bertz CT molecular complexity index is 693. The molecule has 0 aromatic rings. The third-order valence-corrected chi connectivity index (χ3v) is 10.6. The topological polar surface area (TPSA) is 26.3 Å². The van der Waals surface area contributed by atoms with Gasteiger partial charge in [-0.2, -0.15) is 0 Å². The van der Waals surface area contributed by atoms with E-state index < -0.39 is 0 Å². The molecular formula is C29H48O2. The third-order valence-electron chi connectivity index (χ3n) is 10.6. The van der Waals surface area contributed by atoms with E-state index in [9.17, 15) is 4.79 Å². The Morgan fingerprint density at radius 3 is 2.45 bits per heavy atom. The highest BCUT2D eigenvalue weighted by Crippen LogP contribution is 2.67. The molecule has 0 saturated heterocycles. The number of ether oxygens (including phenoxy) is 1. The summed E-state index contributed by atoms with van der Waals surface area (Å²) in [7, 11) is 0. The number of fused-ring (bicyclic) bond motifs is 5. The van der Waals surface area contributed by atoms with Crippen LogP contribution in [0.3, 0.4) is 0 Å². The molecule has 31 heavy (non-hydrogen) atoms. The van der Waals surface area contributed by atoms with Gasteiger partial charge in [-0.1, -0.05) is 65.5 Å². The number of carbonyl (C=O) groups is 1. The lowest BCUT2D eigenvalue weighted by Gasteiger charge is -2.58. The number of hydrogen-bond donors (Lipinski definition) is 0. The van der Waals surface area contributed by atoms with Gasteiger partial charge >= 0.3 is 5.97 Å². The van der Waals surface area contributed by atoms with Crippen LogP contribution in [-0.4, -0.2) is 12.1 Å². The fraction of sp³-hybridized carbons (Fsp3) is 0.897. The van der Waals surface area contributed by atoms with Gasteiger partial charge in [0.15, 0.2) is 0 Å². The summed E-state index contributed by atoms with van der Waals surface area (Å²) in [6.45, 7) is 14.1. The second-order valence-corrected chi connectivity index (χ2v) is 12.8. The van der Waals surface area contributed by atoms with Crippen LogP contribution in [-0.2, 0) is 9.53 Å². The standard InChI is InChI=1S/C29H48O2/c1-19(2)8-7-9-20(3)25-12-13-26-24-11-10-22-18-23(31-21(4)30)14-16-28(22,5)27(24)15-17-29(25,26)6/h11,19-20,22-23,25-27H,7-10,12-18H2,1-6H3/t20-,22?,23?,25-,26+,27+,28+,29-/m1/s1. The molecule has 176 valence electrons. The lowest BCUT2D eigenvalue weighted by atomic mass is 9.47. The van der Waals surface area contributed by atoms with E-state index in [1.807, 2.05) is 5.57 Å². The highest BCUT2D eigenvalue weighted by Gasteiger charge is 2.58. The molecule has 4 aliphatic rings. The van der Waals surface area contributed by atoms with Gasteiger partial charge in [-0.15, -0.1) is 0 Å². The van der Waals surface area contributed by atoms with Crippen LogP contribution in [0.4, 0.5) is 0 Å². The Kier molecular flexibility index (Phi) is 6.68. The van der Waals surface area contributed by atoms with Crippen LogP contribution in [0.15, 0.2) is 11.6 Å². The first-order valence-corrected chi connectivity index (χ1v) is 13.5. The van der Waals surface area contributed by atoms with E-state index in [4.69, 9.17) is 4.74 Å². The van der Waals surface area contributed by atoms with Crippen molar-refractivity contribution in [2.45, 2.75) is 118 Å². The fourth-order valence-electron chi connectivity index (χ4n) is 8.84. The smallest absolute Gasteiger partial charge is 0.302 e. The van der Waals surface area contributed by atoms with Crippen molar-refractivity contribution in [3.63, 3.8) is 0 Å². The maximum Gasteiger partial charge on any atom is 0.302 e. The van der Waals surface area contributed by atoms with Gasteiger partial charge in [0.05, 0.1) is 0 Å². The minimum absolute atomic E-state index is 0.103. The Hall–Kier alpha value is -0.790. The van der Waals surface area contributed by atoms with Gasteiger partial charge in [0.2, 0.25) is 0 Å². The first-order chi connectivity index (χ1) is 14.6. The highest BCUT2D eigenvalue weighted by molar-refractivity contribution is 5.66. The van der Waals surface area contributed by atoms with E-state index in [0.717, 1.165) is 42.4 Å². The van der Waals surface area contributed by atoms with E-state index >= 15 is 0 Å². The Labute approximate surface area is 192 Å². The summed E-state index contributed by atoms with van der Waals surface area (Å²) in [5.41, 5.74) is 2.80. The normalized spacial score (nSPS) is 42.9. The SMILES string of the molecule is CC(=O)OC1CC[C@@]2(C)C(CC=C3[C@@H]4CC[C@H]([C@H](C)CCCC(C)C)[C@@]4(C)CC[C@@H]32)C1. The van der Waals surface area contributed by atoms with Crippen LogP contribution in [0.25, 0.3) is 0 Å². The van der Waals surface area contributed by atoms with E-state index in [2.05, 4.69) is 40.7 Å². The summed E-state index contributed by atoms with van der Waals surface area (Å²) in [6.07, 6.45) is 17.3. The summed E-state index contributed by atoms with van der Waals surface area (Å²) in [4.78, 5) is 11.5. The molecule has 2 nitrogen and oxygen atoms in total. The van der Waals surface area contributed by atoms with Crippen molar-refractivity contribution in [2.24, 2.45) is 46.3 Å². The number of rotatable bonds is 6. The Balaban J connectivity index is 1.47. The zero-order valence-electron chi connectivity index (χ0n) is 21.2. The molecule has 0 aromatic heterocycles. The molecule has 0 aliphatic heterocycles. The predicted octanol–water partition coefficient (Wildman–Crippen LogP) is 7.96. The van der Waals surface area contributed by atoms with Crippen LogP contribution < -0.4 is 0 Å². The van der Waals surface area contributed by atoms with Gasteiger partial charge in [-0.25, -0.2) is 0 Å². The molecule has 3 fully saturated rings.